The molecule has 1 aromatic carbocycles. The highest BCUT2D eigenvalue weighted by atomic mass is 32.2. The predicted octanol–water partition coefficient (Wildman–Crippen LogP) is 1.46. The molecule has 112 valence electrons. The molecule has 0 spiro atoms. The topological polar surface area (TPSA) is 73.2 Å². The summed E-state index contributed by atoms with van der Waals surface area (Å²) in [4.78, 5) is 2.61. The standard InChI is InChI=1S/C15H19N3O2S/c1-18-13-4-5-14(18)9-12(8-13)17-21(19,20)15-6-2-11(10-16)3-7-15/h2-3,6-7,12-14,17H,4-5,8-9H2,1H3/t13-,14-/m0/s1. The summed E-state index contributed by atoms with van der Waals surface area (Å²) in [5.74, 6) is 0. The number of nitrogens with one attached hydrogen (secondary N) is 1. The van der Waals surface area contributed by atoms with Crippen LogP contribution in [0.4, 0.5) is 0 Å². The molecule has 2 aliphatic rings. The first-order chi connectivity index (χ1) is 9.99. The summed E-state index contributed by atoms with van der Waals surface area (Å²) in [7, 11) is -1.37. The second-order valence-electron chi connectivity index (χ2n) is 5.98. The summed E-state index contributed by atoms with van der Waals surface area (Å²) < 4.78 is 27.6. The fraction of sp³-hybridized carbons (Fsp3) is 0.533. The van der Waals surface area contributed by atoms with Gasteiger partial charge < -0.3 is 4.90 Å². The lowest BCUT2D eigenvalue weighted by atomic mass is 9.99. The van der Waals surface area contributed by atoms with E-state index >= 15 is 0 Å². The van der Waals surface area contributed by atoms with Crippen molar-refractivity contribution in [3.63, 3.8) is 0 Å². The molecular weight excluding hydrogens is 286 g/mol. The van der Waals surface area contributed by atoms with E-state index in [0.717, 1.165) is 25.7 Å². The van der Waals surface area contributed by atoms with E-state index in [2.05, 4.69) is 16.7 Å². The quantitative estimate of drug-likeness (QED) is 0.917. The second-order valence-corrected chi connectivity index (χ2v) is 7.69. The molecule has 2 bridgehead atoms. The molecule has 0 radical (unpaired) electrons. The zero-order chi connectivity index (χ0) is 15.0. The van der Waals surface area contributed by atoms with Crippen molar-refractivity contribution in [1.82, 2.24) is 9.62 Å². The largest absolute Gasteiger partial charge is 0.300 e. The third kappa shape index (κ3) is 2.82. The molecule has 6 heteroatoms. The Hall–Kier alpha value is -1.42. The van der Waals surface area contributed by atoms with Crippen LogP contribution >= 0.6 is 0 Å². The van der Waals surface area contributed by atoms with Gasteiger partial charge in [-0.15, -0.1) is 0 Å². The van der Waals surface area contributed by atoms with Gasteiger partial charge in [0.25, 0.3) is 0 Å². The van der Waals surface area contributed by atoms with Crippen LogP contribution in [0.2, 0.25) is 0 Å². The molecule has 3 rings (SSSR count). The van der Waals surface area contributed by atoms with Crippen molar-refractivity contribution < 1.29 is 8.42 Å². The summed E-state index contributed by atoms with van der Waals surface area (Å²) >= 11 is 0. The van der Waals surface area contributed by atoms with Crippen molar-refractivity contribution in [3.05, 3.63) is 29.8 Å². The molecule has 0 unspecified atom stereocenters. The molecule has 2 fully saturated rings. The summed E-state index contributed by atoms with van der Waals surface area (Å²) in [6, 6.07) is 9.05. The average Bonchev–Trinajstić information content (AvgIpc) is 2.69. The van der Waals surface area contributed by atoms with Crippen LogP contribution in [0.5, 0.6) is 0 Å². The van der Waals surface area contributed by atoms with Crippen LogP contribution in [0.3, 0.4) is 0 Å². The lowest BCUT2D eigenvalue weighted by molar-refractivity contribution is 0.157. The number of hydrogen-bond donors (Lipinski definition) is 1. The van der Waals surface area contributed by atoms with Gasteiger partial charge in [0.05, 0.1) is 16.5 Å². The van der Waals surface area contributed by atoms with Crippen molar-refractivity contribution in [3.8, 4) is 6.07 Å². The highest BCUT2D eigenvalue weighted by Crippen LogP contribution is 2.34. The van der Waals surface area contributed by atoms with Gasteiger partial charge in [0.2, 0.25) is 10.0 Å². The number of sulfonamides is 1. The normalized spacial score (nSPS) is 29.2. The van der Waals surface area contributed by atoms with E-state index in [-0.39, 0.29) is 10.9 Å². The molecule has 0 aromatic heterocycles. The molecule has 2 saturated heterocycles. The van der Waals surface area contributed by atoms with Crippen LogP contribution in [-0.4, -0.2) is 38.5 Å². The van der Waals surface area contributed by atoms with E-state index in [0.29, 0.717) is 17.6 Å². The Balaban J connectivity index is 1.73. The fourth-order valence-electron chi connectivity index (χ4n) is 3.50. The van der Waals surface area contributed by atoms with E-state index in [1.165, 1.54) is 24.3 Å². The Labute approximate surface area is 125 Å². The van der Waals surface area contributed by atoms with Crippen molar-refractivity contribution in [2.24, 2.45) is 0 Å². The van der Waals surface area contributed by atoms with Gasteiger partial charge in [0.15, 0.2) is 0 Å². The molecule has 5 nitrogen and oxygen atoms in total. The minimum absolute atomic E-state index is 0.0133. The van der Waals surface area contributed by atoms with Crippen molar-refractivity contribution in [2.45, 2.75) is 48.7 Å². The van der Waals surface area contributed by atoms with Gasteiger partial charge >= 0.3 is 0 Å². The SMILES string of the molecule is CN1[C@H]2CC[C@H]1CC(NS(=O)(=O)c1ccc(C#N)cc1)C2. The van der Waals surface area contributed by atoms with Crippen LogP contribution in [0.1, 0.15) is 31.2 Å². The summed E-state index contributed by atoms with van der Waals surface area (Å²) in [5, 5.41) is 8.76. The number of benzene rings is 1. The Bertz CT molecular complexity index is 649. The van der Waals surface area contributed by atoms with Gasteiger partial charge in [-0.2, -0.15) is 5.26 Å². The maximum absolute atomic E-state index is 12.4. The van der Waals surface area contributed by atoms with Gasteiger partial charge in [-0.25, -0.2) is 13.1 Å². The lowest BCUT2D eigenvalue weighted by Crippen LogP contribution is -2.48. The lowest BCUT2D eigenvalue weighted by Gasteiger charge is -2.36. The van der Waals surface area contributed by atoms with Crippen LogP contribution < -0.4 is 4.72 Å². The van der Waals surface area contributed by atoms with Gasteiger partial charge in [0, 0.05) is 18.1 Å². The first-order valence-corrected chi connectivity index (χ1v) is 8.72. The molecule has 0 aliphatic carbocycles. The maximum Gasteiger partial charge on any atom is 0.240 e. The highest BCUT2D eigenvalue weighted by Gasteiger charge is 2.39. The van der Waals surface area contributed by atoms with Crippen molar-refractivity contribution in [1.29, 1.82) is 5.26 Å². The number of rotatable bonds is 3. The number of fused-ring (bicyclic) bond motifs is 2. The summed E-state index contributed by atoms with van der Waals surface area (Å²) in [6.07, 6.45) is 4.08. The zero-order valence-electron chi connectivity index (χ0n) is 12.0. The molecule has 2 atom stereocenters. The molecule has 1 aromatic rings. The zero-order valence-corrected chi connectivity index (χ0v) is 12.8. The Morgan fingerprint density at radius 2 is 1.76 bits per heavy atom. The first kappa shape index (κ1) is 14.5. The maximum atomic E-state index is 12.4. The van der Waals surface area contributed by atoms with E-state index in [1.54, 1.807) is 0 Å². The second kappa shape index (κ2) is 5.41. The Morgan fingerprint density at radius 1 is 1.19 bits per heavy atom. The Kier molecular flexibility index (Phi) is 3.74. The van der Waals surface area contributed by atoms with E-state index in [9.17, 15) is 8.42 Å². The molecule has 0 amide bonds. The Morgan fingerprint density at radius 3 is 2.29 bits per heavy atom. The molecule has 2 aliphatic heterocycles. The highest BCUT2D eigenvalue weighted by molar-refractivity contribution is 7.89. The van der Waals surface area contributed by atoms with Gasteiger partial charge in [0.1, 0.15) is 0 Å². The summed E-state index contributed by atoms with van der Waals surface area (Å²) in [5.41, 5.74) is 0.464. The minimum atomic E-state index is -3.50. The summed E-state index contributed by atoms with van der Waals surface area (Å²) in [6.45, 7) is 0. The third-order valence-corrected chi connectivity index (χ3v) is 6.25. The molecule has 0 saturated carbocycles. The fourth-order valence-corrected chi connectivity index (χ4v) is 4.77. The molecular formula is C15H19N3O2S. The van der Waals surface area contributed by atoms with Crippen molar-refractivity contribution >= 4 is 10.0 Å². The van der Waals surface area contributed by atoms with Gasteiger partial charge in [-0.05, 0) is 57.0 Å². The van der Waals surface area contributed by atoms with Crippen LogP contribution in [0, 0.1) is 11.3 Å². The minimum Gasteiger partial charge on any atom is -0.300 e. The van der Waals surface area contributed by atoms with Crippen LogP contribution in [-0.2, 0) is 10.0 Å². The van der Waals surface area contributed by atoms with E-state index in [1.807, 2.05) is 6.07 Å². The van der Waals surface area contributed by atoms with Crippen molar-refractivity contribution in [2.75, 3.05) is 7.05 Å². The number of nitrogens with zero attached hydrogens (tertiary/aromatic N) is 2. The third-order valence-electron chi connectivity index (χ3n) is 4.71. The molecule has 2 heterocycles. The van der Waals surface area contributed by atoms with Crippen LogP contribution in [0.25, 0.3) is 0 Å². The van der Waals surface area contributed by atoms with E-state index < -0.39 is 10.0 Å². The first-order valence-electron chi connectivity index (χ1n) is 7.24. The average molecular weight is 305 g/mol. The number of nitriles is 1. The monoisotopic (exact) mass is 305 g/mol. The number of piperidine rings is 1. The molecule has 21 heavy (non-hydrogen) atoms. The van der Waals surface area contributed by atoms with E-state index in [4.69, 9.17) is 5.26 Å². The smallest absolute Gasteiger partial charge is 0.240 e. The predicted molar refractivity (Wildman–Crippen MR) is 79.1 cm³/mol. The van der Waals surface area contributed by atoms with Gasteiger partial charge in [-0.1, -0.05) is 0 Å². The molecule has 1 N–H and O–H groups in total. The number of hydrogen-bond acceptors (Lipinski definition) is 4. The van der Waals surface area contributed by atoms with Gasteiger partial charge in [-0.3, -0.25) is 0 Å². The van der Waals surface area contributed by atoms with Crippen LogP contribution in [0.15, 0.2) is 29.2 Å².